The average molecular weight is 290 g/mol. The Morgan fingerprint density at radius 3 is 2.14 bits per heavy atom. The van der Waals surface area contributed by atoms with Crippen LogP contribution in [0.3, 0.4) is 0 Å². The van der Waals surface area contributed by atoms with Crippen LogP contribution in [0, 0.1) is 0 Å². The molecule has 2 nitrogen and oxygen atoms in total. The molecule has 0 aliphatic heterocycles. The Balaban J connectivity index is 2.29. The van der Waals surface area contributed by atoms with Crippen molar-refractivity contribution in [1.82, 2.24) is 5.43 Å². The minimum Gasteiger partial charge on any atom is -0.271 e. The molecule has 1 rings (SSSR count). The zero-order valence-corrected chi connectivity index (χ0v) is 14.2. The standard InChI is InChI=1S/C19H34N2/c1-4-5-6-7-8-9-10-19(21-20)15-17-11-13-18(14-12-17)16(2)3/h11-14,16,19,21H,4-10,15,20H2,1-3H3. The summed E-state index contributed by atoms with van der Waals surface area (Å²) in [6.45, 7) is 6.73. The van der Waals surface area contributed by atoms with E-state index in [-0.39, 0.29) is 0 Å². The highest BCUT2D eigenvalue weighted by Gasteiger charge is 2.08. The van der Waals surface area contributed by atoms with E-state index in [1.807, 2.05) is 0 Å². The Bertz CT molecular complexity index is 356. The molecule has 0 heterocycles. The first-order valence-corrected chi connectivity index (χ1v) is 8.72. The first-order valence-electron chi connectivity index (χ1n) is 8.72. The second-order valence-electron chi connectivity index (χ2n) is 6.52. The number of nitrogens with two attached hydrogens (primary N) is 1. The SMILES string of the molecule is CCCCCCCCC(Cc1ccc(C(C)C)cc1)NN. The number of hydrogen-bond donors (Lipinski definition) is 2. The third-order valence-electron chi connectivity index (χ3n) is 4.27. The Hall–Kier alpha value is -0.860. The fraction of sp³-hybridized carbons (Fsp3) is 0.684. The van der Waals surface area contributed by atoms with Gasteiger partial charge in [-0.2, -0.15) is 0 Å². The molecule has 0 fully saturated rings. The molecule has 0 bridgehead atoms. The maximum Gasteiger partial charge on any atom is 0.0250 e. The molecule has 1 unspecified atom stereocenters. The lowest BCUT2D eigenvalue weighted by Gasteiger charge is -2.16. The second kappa shape index (κ2) is 10.8. The molecule has 0 aromatic heterocycles. The largest absolute Gasteiger partial charge is 0.271 e. The van der Waals surface area contributed by atoms with E-state index in [0.717, 1.165) is 6.42 Å². The molecule has 0 radical (unpaired) electrons. The summed E-state index contributed by atoms with van der Waals surface area (Å²) in [5.41, 5.74) is 5.78. The highest BCUT2D eigenvalue weighted by atomic mass is 15.2. The van der Waals surface area contributed by atoms with Crippen molar-refractivity contribution in [3.05, 3.63) is 35.4 Å². The number of benzene rings is 1. The van der Waals surface area contributed by atoms with Crippen LogP contribution in [0.25, 0.3) is 0 Å². The van der Waals surface area contributed by atoms with Crippen molar-refractivity contribution in [1.29, 1.82) is 0 Å². The van der Waals surface area contributed by atoms with Gasteiger partial charge in [0.25, 0.3) is 0 Å². The molecule has 3 N–H and O–H groups in total. The molecule has 1 aromatic rings. The van der Waals surface area contributed by atoms with Crippen LogP contribution in [-0.2, 0) is 6.42 Å². The summed E-state index contributed by atoms with van der Waals surface area (Å²) in [5, 5.41) is 0. The molecule has 0 saturated heterocycles. The minimum atomic E-state index is 0.404. The maximum absolute atomic E-state index is 5.71. The minimum absolute atomic E-state index is 0.404. The van der Waals surface area contributed by atoms with E-state index < -0.39 is 0 Å². The molecule has 0 spiro atoms. The van der Waals surface area contributed by atoms with E-state index in [1.165, 1.54) is 56.1 Å². The van der Waals surface area contributed by atoms with Gasteiger partial charge in [-0.15, -0.1) is 0 Å². The summed E-state index contributed by atoms with van der Waals surface area (Å²) in [5.74, 6) is 6.31. The van der Waals surface area contributed by atoms with E-state index >= 15 is 0 Å². The summed E-state index contributed by atoms with van der Waals surface area (Å²) in [7, 11) is 0. The van der Waals surface area contributed by atoms with Gasteiger partial charge in [0.15, 0.2) is 0 Å². The lowest BCUT2D eigenvalue weighted by atomic mass is 9.97. The van der Waals surface area contributed by atoms with Gasteiger partial charge in [-0.1, -0.05) is 83.6 Å². The van der Waals surface area contributed by atoms with E-state index in [1.54, 1.807) is 0 Å². The van der Waals surface area contributed by atoms with Gasteiger partial charge in [0.1, 0.15) is 0 Å². The van der Waals surface area contributed by atoms with Crippen molar-refractivity contribution < 1.29 is 0 Å². The number of rotatable bonds is 11. The van der Waals surface area contributed by atoms with Crippen molar-refractivity contribution in [2.75, 3.05) is 0 Å². The summed E-state index contributed by atoms with van der Waals surface area (Å²) in [4.78, 5) is 0. The number of hydrazine groups is 1. The maximum atomic E-state index is 5.71. The van der Waals surface area contributed by atoms with E-state index in [2.05, 4.69) is 50.5 Å². The number of unbranched alkanes of at least 4 members (excludes halogenated alkanes) is 5. The van der Waals surface area contributed by atoms with Crippen LogP contribution in [0.2, 0.25) is 0 Å². The smallest absolute Gasteiger partial charge is 0.0250 e. The molecule has 0 amide bonds. The van der Waals surface area contributed by atoms with Gasteiger partial charge in [0, 0.05) is 6.04 Å². The third-order valence-corrected chi connectivity index (χ3v) is 4.27. The molecule has 120 valence electrons. The van der Waals surface area contributed by atoms with Crippen LogP contribution < -0.4 is 11.3 Å². The summed E-state index contributed by atoms with van der Waals surface area (Å²) in [6, 6.07) is 9.40. The number of hydrogen-bond acceptors (Lipinski definition) is 2. The molecule has 0 saturated carbocycles. The van der Waals surface area contributed by atoms with Crippen LogP contribution >= 0.6 is 0 Å². The first kappa shape index (κ1) is 18.2. The van der Waals surface area contributed by atoms with Gasteiger partial charge >= 0.3 is 0 Å². The molecular formula is C19H34N2. The number of nitrogens with one attached hydrogen (secondary N) is 1. The third kappa shape index (κ3) is 7.63. The topological polar surface area (TPSA) is 38.0 Å². The predicted molar refractivity (Wildman–Crippen MR) is 93.3 cm³/mol. The Morgan fingerprint density at radius 1 is 0.952 bits per heavy atom. The zero-order chi connectivity index (χ0) is 15.5. The monoisotopic (exact) mass is 290 g/mol. The zero-order valence-electron chi connectivity index (χ0n) is 14.2. The quantitative estimate of drug-likeness (QED) is 0.344. The normalized spacial score (nSPS) is 12.8. The molecule has 1 atom stereocenters. The summed E-state index contributed by atoms with van der Waals surface area (Å²) >= 11 is 0. The van der Waals surface area contributed by atoms with Gasteiger partial charge in [0.05, 0.1) is 0 Å². The lowest BCUT2D eigenvalue weighted by Crippen LogP contribution is -2.36. The Kier molecular flexibility index (Phi) is 9.36. The van der Waals surface area contributed by atoms with Crippen LogP contribution in [0.1, 0.15) is 82.8 Å². The van der Waals surface area contributed by atoms with Gasteiger partial charge in [0.2, 0.25) is 0 Å². The fourth-order valence-electron chi connectivity index (χ4n) is 2.74. The Labute approximate surface area is 131 Å². The van der Waals surface area contributed by atoms with Crippen LogP contribution in [0.15, 0.2) is 24.3 Å². The molecule has 2 heteroatoms. The predicted octanol–water partition coefficient (Wildman–Crippen LogP) is 4.94. The van der Waals surface area contributed by atoms with Gasteiger partial charge in [-0.05, 0) is 29.9 Å². The Morgan fingerprint density at radius 2 is 1.57 bits per heavy atom. The van der Waals surface area contributed by atoms with Crippen molar-refractivity contribution >= 4 is 0 Å². The highest BCUT2D eigenvalue weighted by molar-refractivity contribution is 5.25. The van der Waals surface area contributed by atoms with Crippen LogP contribution in [-0.4, -0.2) is 6.04 Å². The first-order chi connectivity index (χ1) is 10.2. The molecule has 0 aliphatic carbocycles. The van der Waals surface area contributed by atoms with E-state index in [9.17, 15) is 0 Å². The molecular weight excluding hydrogens is 256 g/mol. The average Bonchev–Trinajstić information content (AvgIpc) is 2.50. The highest BCUT2D eigenvalue weighted by Crippen LogP contribution is 2.16. The van der Waals surface area contributed by atoms with E-state index in [0.29, 0.717) is 12.0 Å². The fourth-order valence-corrected chi connectivity index (χ4v) is 2.74. The summed E-state index contributed by atoms with van der Waals surface area (Å²) in [6.07, 6.45) is 10.3. The van der Waals surface area contributed by atoms with Crippen molar-refractivity contribution in [3.8, 4) is 0 Å². The van der Waals surface area contributed by atoms with Crippen molar-refractivity contribution in [2.24, 2.45) is 5.84 Å². The van der Waals surface area contributed by atoms with Gasteiger partial charge in [-0.3, -0.25) is 11.3 Å². The summed E-state index contributed by atoms with van der Waals surface area (Å²) < 4.78 is 0. The molecule has 1 aromatic carbocycles. The van der Waals surface area contributed by atoms with E-state index in [4.69, 9.17) is 5.84 Å². The van der Waals surface area contributed by atoms with Gasteiger partial charge in [-0.25, -0.2) is 0 Å². The molecule has 0 aliphatic rings. The van der Waals surface area contributed by atoms with Crippen LogP contribution in [0.4, 0.5) is 0 Å². The van der Waals surface area contributed by atoms with Crippen molar-refractivity contribution in [3.63, 3.8) is 0 Å². The molecule has 21 heavy (non-hydrogen) atoms. The van der Waals surface area contributed by atoms with Gasteiger partial charge < -0.3 is 0 Å². The lowest BCUT2D eigenvalue weighted by molar-refractivity contribution is 0.459. The second-order valence-corrected chi connectivity index (χ2v) is 6.52. The van der Waals surface area contributed by atoms with Crippen LogP contribution in [0.5, 0.6) is 0 Å². The van der Waals surface area contributed by atoms with Crippen molar-refractivity contribution in [2.45, 2.75) is 84.1 Å².